The molecule has 1 aromatic carbocycles. The van der Waals surface area contributed by atoms with Crippen LogP contribution in [0.1, 0.15) is 12.5 Å². The van der Waals surface area contributed by atoms with Gasteiger partial charge >= 0.3 is 0 Å². The Kier molecular flexibility index (Phi) is 5.18. The Morgan fingerprint density at radius 2 is 2.12 bits per heavy atom. The molecule has 1 amide bonds. The van der Waals surface area contributed by atoms with Crippen molar-refractivity contribution in [1.82, 2.24) is 19.6 Å². The molecule has 2 heterocycles. The number of aromatic nitrogens is 2. The van der Waals surface area contributed by atoms with Crippen LogP contribution in [-0.2, 0) is 11.3 Å². The maximum absolute atomic E-state index is 11.5. The van der Waals surface area contributed by atoms with Gasteiger partial charge in [-0.1, -0.05) is 23.7 Å². The number of halogens is 1. The van der Waals surface area contributed by atoms with E-state index in [4.69, 9.17) is 11.6 Å². The number of β-amino-alcohol motifs (C(OH)–C–C–N with tert-alkyl or cyclic N) is 1. The second kappa shape index (κ2) is 7.34. The molecular formula is C17H21ClN4O2. The number of carbonyl (C=O) groups is 1. The number of hydrogen-bond acceptors (Lipinski definition) is 4. The van der Waals surface area contributed by atoms with Gasteiger partial charge in [0.15, 0.2) is 0 Å². The smallest absolute Gasteiger partial charge is 0.219 e. The highest BCUT2D eigenvalue weighted by Gasteiger charge is 2.22. The molecule has 0 radical (unpaired) electrons. The number of para-hydroxylation sites is 1. The molecule has 1 aliphatic heterocycles. The van der Waals surface area contributed by atoms with Crippen LogP contribution >= 0.6 is 11.6 Å². The van der Waals surface area contributed by atoms with Gasteiger partial charge in [0.1, 0.15) is 0 Å². The molecule has 1 aromatic heterocycles. The Balaban J connectivity index is 1.68. The zero-order valence-corrected chi connectivity index (χ0v) is 14.4. The SMILES string of the molecule is CC(=O)N1CCN(Cc2cnn(-c3ccccc3Cl)c2)CC(O)C1. The van der Waals surface area contributed by atoms with Crippen molar-refractivity contribution in [2.45, 2.75) is 19.6 Å². The van der Waals surface area contributed by atoms with Crippen LogP contribution in [-0.4, -0.2) is 62.9 Å². The standard InChI is InChI=1S/C17H21ClN4O2/c1-13(23)21-7-6-20(11-15(24)12-21)9-14-8-19-22(10-14)17-5-3-2-4-16(17)18/h2-5,8,10,15,24H,6-7,9,11-12H2,1H3. The number of nitrogens with zero attached hydrogens (tertiary/aromatic N) is 4. The van der Waals surface area contributed by atoms with E-state index in [1.54, 1.807) is 9.58 Å². The highest BCUT2D eigenvalue weighted by molar-refractivity contribution is 6.32. The molecule has 3 rings (SSSR count). The molecule has 0 aliphatic carbocycles. The predicted molar refractivity (Wildman–Crippen MR) is 92.1 cm³/mol. The van der Waals surface area contributed by atoms with Crippen molar-refractivity contribution >= 4 is 17.5 Å². The van der Waals surface area contributed by atoms with Gasteiger partial charge in [-0.15, -0.1) is 0 Å². The molecule has 1 N–H and O–H groups in total. The molecule has 2 aromatic rings. The number of aliphatic hydroxyl groups is 1. The summed E-state index contributed by atoms with van der Waals surface area (Å²) >= 11 is 6.20. The van der Waals surface area contributed by atoms with Crippen molar-refractivity contribution in [3.8, 4) is 5.69 Å². The lowest BCUT2D eigenvalue weighted by atomic mass is 10.3. The minimum absolute atomic E-state index is 0.00226. The zero-order valence-electron chi connectivity index (χ0n) is 13.6. The number of benzene rings is 1. The maximum atomic E-state index is 11.5. The van der Waals surface area contributed by atoms with Crippen LogP contribution in [0.3, 0.4) is 0 Å². The molecule has 7 heteroatoms. The first-order valence-corrected chi connectivity index (χ1v) is 8.35. The summed E-state index contributed by atoms with van der Waals surface area (Å²) in [5, 5.41) is 15.1. The lowest BCUT2D eigenvalue weighted by molar-refractivity contribution is -0.129. The predicted octanol–water partition coefficient (Wildman–Crippen LogP) is 1.55. The highest BCUT2D eigenvalue weighted by atomic mass is 35.5. The van der Waals surface area contributed by atoms with Gasteiger partial charge in [0.05, 0.1) is 23.0 Å². The highest BCUT2D eigenvalue weighted by Crippen LogP contribution is 2.20. The summed E-state index contributed by atoms with van der Waals surface area (Å²) < 4.78 is 1.76. The van der Waals surface area contributed by atoms with Gasteiger partial charge in [0.2, 0.25) is 5.91 Å². The van der Waals surface area contributed by atoms with Gasteiger partial charge < -0.3 is 10.0 Å². The van der Waals surface area contributed by atoms with Crippen LogP contribution in [0.5, 0.6) is 0 Å². The Labute approximate surface area is 146 Å². The molecule has 0 spiro atoms. The first-order valence-electron chi connectivity index (χ1n) is 7.97. The van der Waals surface area contributed by atoms with E-state index in [0.717, 1.165) is 17.8 Å². The van der Waals surface area contributed by atoms with Crippen LogP contribution < -0.4 is 0 Å². The molecule has 24 heavy (non-hydrogen) atoms. The molecule has 0 saturated carbocycles. The third-order valence-corrected chi connectivity index (χ3v) is 4.49. The topological polar surface area (TPSA) is 61.6 Å². The summed E-state index contributed by atoms with van der Waals surface area (Å²) in [7, 11) is 0. The molecule has 6 nitrogen and oxygen atoms in total. The minimum atomic E-state index is -0.532. The number of hydrogen-bond donors (Lipinski definition) is 1. The second-order valence-corrected chi connectivity index (χ2v) is 6.51. The summed E-state index contributed by atoms with van der Waals surface area (Å²) in [6.45, 7) is 4.51. The number of amides is 1. The Hall–Kier alpha value is -1.89. The molecule has 1 aliphatic rings. The van der Waals surface area contributed by atoms with Gasteiger partial charge in [-0.2, -0.15) is 5.10 Å². The molecule has 1 unspecified atom stereocenters. The molecule has 0 bridgehead atoms. The first kappa shape index (κ1) is 17.0. The summed E-state index contributed by atoms with van der Waals surface area (Å²) in [6, 6.07) is 7.55. The second-order valence-electron chi connectivity index (χ2n) is 6.10. The molecular weight excluding hydrogens is 328 g/mol. The van der Waals surface area contributed by atoms with Gasteiger partial charge in [0, 0.05) is 51.4 Å². The fourth-order valence-electron chi connectivity index (χ4n) is 2.95. The van der Waals surface area contributed by atoms with Crippen LogP contribution in [0.15, 0.2) is 36.7 Å². The van der Waals surface area contributed by atoms with Crippen molar-refractivity contribution in [3.05, 3.63) is 47.2 Å². The Morgan fingerprint density at radius 1 is 1.33 bits per heavy atom. The monoisotopic (exact) mass is 348 g/mol. The van der Waals surface area contributed by atoms with Crippen molar-refractivity contribution < 1.29 is 9.90 Å². The average molecular weight is 349 g/mol. The summed E-state index contributed by atoms with van der Waals surface area (Å²) in [5.74, 6) is 0.00226. The lowest BCUT2D eigenvalue weighted by Crippen LogP contribution is -2.36. The third-order valence-electron chi connectivity index (χ3n) is 4.17. The molecule has 1 atom stereocenters. The fraction of sp³-hybridized carbons (Fsp3) is 0.412. The van der Waals surface area contributed by atoms with Crippen LogP contribution in [0.25, 0.3) is 5.69 Å². The van der Waals surface area contributed by atoms with E-state index >= 15 is 0 Å². The number of carbonyl (C=O) groups excluding carboxylic acids is 1. The molecule has 128 valence electrons. The maximum Gasteiger partial charge on any atom is 0.219 e. The average Bonchev–Trinajstić information content (AvgIpc) is 2.90. The minimum Gasteiger partial charge on any atom is -0.390 e. The summed E-state index contributed by atoms with van der Waals surface area (Å²) in [5.41, 5.74) is 1.88. The van der Waals surface area contributed by atoms with E-state index in [1.807, 2.05) is 36.7 Å². The lowest BCUT2D eigenvalue weighted by Gasteiger charge is -2.20. The molecule has 1 saturated heterocycles. The van der Waals surface area contributed by atoms with Gasteiger partial charge in [-0.3, -0.25) is 9.69 Å². The van der Waals surface area contributed by atoms with E-state index in [2.05, 4.69) is 10.00 Å². The Bertz CT molecular complexity index is 718. The van der Waals surface area contributed by atoms with Gasteiger partial charge in [-0.05, 0) is 12.1 Å². The summed E-state index contributed by atoms with van der Waals surface area (Å²) in [6.07, 6.45) is 3.22. The third kappa shape index (κ3) is 3.95. The molecule has 1 fully saturated rings. The quantitative estimate of drug-likeness (QED) is 0.914. The van der Waals surface area contributed by atoms with Crippen LogP contribution in [0.4, 0.5) is 0 Å². The fourth-order valence-corrected chi connectivity index (χ4v) is 3.18. The van der Waals surface area contributed by atoms with E-state index in [0.29, 0.717) is 31.2 Å². The van der Waals surface area contributed by atoms with Crippen LogP contribution in [0.2, 0.25) is 5.02 Å². The van der Waals surface area contributed by atoms with Crippen molar-refractivity contribution in [2.24, 2.45) is 0 Å². The Morgan fingerprint density at radius 3 is 2.88 bits per heavy atom. The van der Waals surface area contributed by atoms with Crippen molar-refractivity contribution in [2.75, 3.05) is 26.2 Å². The van der Waals surface area contributed by atoms with E-state index in [1.165, 1.54) is 6.92 Å². The van der Waals surface area contributed by atoms with E-state index in [-0.39, 0.29) is 5.91 Å². The first-order chi connectivity index (χ1) is 11.5. The van der Waals surface area contributed by atoms with Crippen LogP contribution in [0, 0.1) is 0 Å². The van der Waals surface area contributed by atoms with E-state index < -0.39 is 6.10 Å². The van der Waals surface area contributed by atoms with Crippen molar-refractivity contribution in [1.29, 1.82) is 0 Å². The normalized spacial score (nSPS) is 19.3. The summed E-state index contributed by atoms with van der Waals surface area (Å²) in [4.78, 5) is 15.4. The largest absolute Gasteiger partial charge is 0.390 e. The van der Waals surface area contributed by atoms with Crippen molar-refractivity contribution in [3.63, 3.8) is 0 Å². The number of rotatable bonds is 3. The van der Waals surface area contributed by atoms with Gasteiger partial charge in [-0.25, -0.2) is 4.68 Å². The number of aliphatic hydroxyl groups excluding tert-OH is 1. The zero-order chi connectivity index (χ0) is 17.1. The van der Waals surface area contributed by atoms with E-state index in [9.17, 15) is 9.90 Å². The van der Waals surface area contributed by atoms with Gasteiger partial charge in [0.25, 0.3) is 0 Å².